The molecule has 1 aliphatic heterocycles. The minimum absolute atomic E-state index is 0.350. The summed E-state index contributed by atoms with van der Waals surface area (Å²) in [5.74, 6) is -0.940. The summed E-state index contributed by atoms with van der Waals surface area (Å²) in [6.45, 7) is 9.50. The molecule has 2 rings (SSSR count). The molecule has 1 heterocycles. The molecule has 0 bridgehead atoms. The van der Waals surface area contributed by atoms with E-state index in [0.29, 0.717) is 25.3 Å². The molecule has 1 saturated heterocycles. The number of carbonyl (C=O) groups is 3. The maximum Gasteiger partial charge on any atom is 0.411 e. The van der Waals surface area contributed by atoms with E-state index in [1.807, 2.05) is 13.8 Å². The molecule has 4 N–H and O–H groups in total. The number of nitrogens with two attached hydrogens (primary N) is 1. The molecule has 0 aromatic carbocycles. The van der Waals surface area contributed by atoms with Crippen molar-refractivity contribution in [1.29, 1.82) is 0 Å². The van der Waals surface area contributed by atoms with Crippen LogP contribution in [0.3, 0.4) is 0 Å². The van der Waals surface area contributed by atoms with Crippen LogP contribution in [0.2, 0.25) is 0 Å². The van der Waals surface area contributed by atoms with Gasteiger partial charge in [-0.15, -0.1) is 0 Å². The molecule has 3 unspecified atom stereocenters. The zero-order valence-corrected chi connectivity index (χ0v) is 18.2. The molecule has 8 nitrogen and oxygen atoms in total. The van der Waals surface area contributed by atoms with Gasteiger partial charge in [0.1, 0.15) is 11.6 Å². The molecule has 0 aromatic heterocycles. The highest BCUT2D eigenvalue weighted by Gasteiger charge is 2.42. The molecular formula is C21H35N3O5. The molecule has 0 aromatic rings. The predicted molar refractivity (Wildman–Crippen MR) is 109 cm³/mol. The van der Waals surface area contributed by atoms with Crippen LogP contribution in [0, 0.1) is 5.92 Å². The van der Waals surface area contributed by atoms with Gasteiger partial charge in [-0.2, -0.15) is 0 Å². The summed E-state index contributed by atoms with van der Waals surface area (Å²) in [4.78, 5) is 38.9. The molecule has 1 saturated carbocycles. The van der Waals surface area contributed by atoms with Crippen LogP contribution in [0.4, 0.5) is 4.79 Å². The lowest BCUT2D eigenvalue weighted by molar-refractivity contribution is -0.131. The molecule has 3 atom stereocenters. The van der Waals surface area contributed by atoms with Gasteiger partial charge >= 0.3 is 6.09 Å². The Balaban J connectivity index is 2.22. The molecule has 0 spiro atoms. The van der Waals surface area contributed by atoms with E-state index in [1.54, 1.807) is 20.8 Å². The smallest absolute Gasteiger partial charge is 0.411 e. The number of hydrogen-bond donors (Lipinski definition) is 3. The number of nitrogens with zero attached hydrogens (tertiary/aromatic N) is 1. The van der Waals surface area contributed by atoms with Gasteiger partial charge in [0, 0.05) is 6.54 Å². The summed E-state index contributed by atoms with van der Waals surface area (Å²) in [5, 5.41) is 13.0. The lowest BCUT2D eigenvalue weighted by Gasteiger charge is -2.33. The normalized spacial score (nSPS) is 21.9. The van der Waals surface area contributed by atoms with Crippen LogP contribution in [0.1, 0.15) is 66.7 Å². The summed E-state index contributed by atoms with van der Waals surface area (Å²) in [5.41, 5.74) is 6.42. The van der Waals surface area contributed by atoms with Gasteiger partial charge in [-0.05, 0) is 59.0 Å². The molecule has 2 fully saturated rings. The molecular weight excluding hydrogens is 374 g/mol. The molecule has 2 aliphatic rings. The third-order valence-corrected chi connectivity index (χ3v) is 5.59. The summed E-state index contributed by atoms with van der Waals surface area (Å²) in [6, 6.07) is -1.59. The first kappa shape index (κ1) is 23.2. The van der Waals surface area contributed by atoms with Gasteiger partial charge in [-0.1, -0.05) is 24.8 Å². The van der Waals surface area contributed by atoms with Gasteiger partial charge in [0.25, 0.3) is 0 Å². The number of amides is 3. The van der Waals surface area contributed by atoms with Crippen molar-refractivity contribution in [3.8, 4) is 0 Å². The number of nitrogens with one attached hydrogen (secondary N) is 1. The van der Waals surface area contributed by atoms with E-state index in [2.05, 4.69) is 5.32 Å². The first-order valence-corrected chi connectivity index (χ1v) is 10.3. The lowest BCUT2D eigenvalue weighted by atomic mass is 9.79. The van der Waals surface area contributed by atoms with E-state index in [-0.39, 0.29) is 0 Å². The summed E-state index contributed by atoms with van der Waals surface area (Å²) >= 11 is 0. The fraction of sp³-hybridized carbons (Fsp3) is 0.762. The Morgan fingerprint density at radius 1 is 1.28 bits per heavy atom. The van der Waals surface area contributed by atoms with Gasteiger partial charge in [0.2, 0.25) is 11.8 Å². The number of allylic oxidation sites excluding steroid dienone is 1. The summed E-state index contributed by atoms with van der Waals surface area (Å²) < 4.78 is 5.47. The Kier molecular flexibility index (Phi) is 7.32. The third-order valence-electron chi connectivity index (χ3n) is 5.59. The van der Waals surface area contributed by atoms with Crippen LogP contribution in [-0.4, -0.2) is 58.2 Å². The van der Waals surface area contributed by atoms with Crippen molar-refractivity contribution in [2.75, 3.05) is 6.54 Å². The number of aliphatic hydroxyl groups excluding tert-OH is 1. The lowest BCUT2D eigenvalue weighted by Crippen LogP contribution is -2.55. The van der Waals surface area contributed by atoms with Gasteiger partial charge in [0.15, 0.2) is 6.10 Å². The van der Waals surface area contributed by atoms with Crippen molar-refractivity contribution in [2.45, 2.75) is 90.5 Å². The van der Waals surface area contributed by atoms with E-state index in [9.17, 15) is 19.5 Å². The maximum atomic E-state index is 13.2. The average Bonchev–Trinajstić information content (AvgIpc) is 2.99. The Hall–Kier alpha value is -2.09. The van der Waals surface area contributed by atoms with Crippen molar-refractivity contribution < 1.29 is 24.2 Å². The zero-order chi connectivity index (χ0) is 21.9. The molecule has 1 aliphatic carbocycles. The van der Waals surface area contributed by atoms with Crippen LogP contribution in [0.25, 0.3) is 0 Å². The number of primary amides is 1. The molecule has 164 valence electrons. The van der Waals surface area contributed by atoms with E-state index in [1.165, 1.54) is 4.90 Å². The van der Waals surface area contributed by atoms with Crippen LogP contribution < -0.4 is 11.1 Å². The van der Waals surface area contributed by atoms with Gasteiger partial charge in [-0.25, -0.2) is 4.79 Å². The van der Waals surface area contributed by atoms with Gasteiger partial charge < -0.3 is 20.9 Å². The number of rotatable bonds is 6. The summed E-state index contributed by atoms with van der Waals surface area (Å²) in [7, 11) is 0. The zero-order valence-electron chi connectivity index (χ0n) is 18.2. The van der Waals surface area contributed by atoms with Crippen molar-refractivity contribution in [3.05, 3.63) is 11.1 Å². The topological polar surface area (TPSA) is 122 Å². The molecule has 29 heavy (non-hydrogen) atoms. The Labute approximate surface area is 172 Å². The highest BCUT2D eigenvalue weighted by molar-refractivity contribution is 5.90. The number of carbonyl (C=O) groups excluding carboxylic acids is 3. The highest BCUT2D eigenvalue weighted by Crippen LogP contribution is 2.32. The minimum atomic E-state index is -1.47. The van der Waals surface area contributed by atoms with E-state index < -0.39 is 41.7 Å². The Morgan fingerprint density at radius 2 is 1.90 bits per heavy atom. The highest BCUT2D eigenvalue weighted by atomic mass is 16.6. The van der Waals surface area contributed by atoms with Crippen LogP contribution in [0.5, 0.6) is 0 Å². The fourth-order valence-corrected chi connectivity index (χ4v) is 3.85. The monoisotopic (exact) mass is 409 g/mol. The van der Waals surface area contributed by atoms with Crippen LogP contribution >= 0.6 is 0 Å². The minimum Gasteiger partial charge on any atom is -0.444 e. The van der Waals surface area contributed by atoms with Crippen molar-refractivity contribution in [2.24, 2.45) is 11.7 Å². The summed E-state index contributed by atoms with van der Waals surface area (Å²) in [6.07, 6.45) is 2.15. The number of ether oxygens (including phenoxy) is 1. The Morgan fingerprint density at radius 3 is 2.34 bits per heavy atom. The second-order valence-electron chi connectivity index (χ2n) is 9.35. The van der Waals surface area contributed by atoms with Crippen LogP contribution in [0.15, 0.2) is 11.1 Å². The van der Waals surface area contributed by atoms with Crippen molar-refractivity contribution >= 4 is 17.9 Å². The first-order valence-electron chi connectivity index (χ1n) is 10.3. The van der Waals surface area contributed by atoms with Gasteiger partial charge in [0.05, 0.1) is 6.04 Å². The predicted octanol–water partition coefficient (Wildman–Crippen LogP) is 1.85. The van der Waals surface area contributed by atoms with E-state index >= 15 is 0 Å². The standard InChI is InChI=1S/C21H35N3O5/c1-12(2)14-9-10-24(20(28)29-21(3,4)5)16(14)19(27)23-15(17(25)18(22)26)11-13-7-6-8-13/h13,15-17,25H,6-11H2,1-5H3,(H2,22,26)(H,23,27). The Bertz CT molecular complexity index is 674. The molecule has 0 radical (unpaired) electrons. The second-order valence-corrected chi connectivity index (χ2v) is 9.35. The number of likely N-dealkylation sites (tertiary alicyclic amines) is 1. The second kappa shape index (κ2) is 9.15. The molecule has 3 amide bonds. The van der Waals surface area contributed by atoms with Crippen molar-refractivity contribution in [1.82, 2.24) is 10.2 Å². The largest absolute Gasteiger partial charge is 0.444 e. The SMILES string of the molecule is CC(C)=C1CCN(C(=O)OC(C)(C)C)C1C(=O)NC(CC1CCC1)C(O)C(N)=O. The fourth-order valence-electron chi connectivity index (χ4n) is 3.85. The quantitative estimate of drug-likeness (QED) is 0.578. The average molecular weight is 410 g/mol. The number of hydrogen-bond acceptors (Lipinski definition) is 5. The maximum absolute atomic E-state index is 13.2. The third kappa shape index (κ3) is 5.95. The first-order chi connectivity index (χ1) is 13.4. The van der Waals surface area contributed by atoms with E-state index in [0.717, 1.165) is 30.4 Å². The van der Waals surface area contributed by atoms with Crippen LogP contribution in [-0.2, 0) is 14.3 Å². The number of aliphatic hydroxyl groups is 1. The van der Waals surface area contributed by atoms with Crippen molar-refractivity contribution in [3.63, 3.8) is 0 Å². The van der Waals surface area contributed by atoms with Gasteiger partial charge in [-0.3, -0.25) is 14.5 Å². The molecule has 8 heteroatoms. The van der Waals surface area contributed by atoms with E-state index in [4.69, 9.17) is 10.5 Å².